The van der Waals surface area contributed by atoms with E-state index in [1.807, 2.05) is 6.07 Å². The van der Waals surface area contributed by atoms with Gasteiger partial charge in [-0.15, -0.1) is 0 Å². The van der Waals surface area contributed by atoms with E-state index in [1.165, 1.54) is 20.0 Å². The lowest BCUT2D eigenvalue weighted by Gasteiger charge is -2.45. The maximum Gasteiger partial charge on any atom is 0.415 e. The van der Waals surface area contributed by atoms with Crippen molar-refractivity contribution in [3.63, 3.8) is 0 Å². The van der Waals surface area contributed by atoms with E-state index in [9.17, 15) is 14.9 Å². The summed E-state index contributed by atoms with van der Waals surface area (Å²) in [6, 6.07) is 7.28. The van der Waals surface area contributed by atoms with Crippen LogP contribution in [-0.2, 0) is 10.2 Å². The van der Waals surface area contributed by atoms with Crippen LogP contribution in [0.15, 0.2) is 24.3 Å². The number of nitro groups is 1. The fraction of sp³-hybridized carbons (Fsp3) is 0.615. The molecule has 0 saturated heterocycles. The molecule has 34 heavy (non-hydrogen) atoms. The van der Waals surface area contributed by atoms with Gasteiger partial charge in [0.15, 0.2) is 0 Å². The molecule has 8 heteroatoms. The van der Waals surface area contributed by atoms with Crippen molar-refractivity contribution in [3.05, 3.63) is 51.2 Å². The van der Waals surface area contributed by atoms with Crippen LogP contribution in [0.1, 0.15) is 94.0 Å². The second-order valence-corrected chi connectivity index (χ2v) is 10.4. The molecule has 5 rings (SSSR count). The van der Waals surface area contributed by atoms with Gasteiger partial charge in [-0.2, -0.15) is 5.10 Å². The number of methoxy groups -OCH3 is 1. The molecule has 2 saturated carbocycles. The Bertz CT molecular complexity index is 1100. The molecule has 0 spiro atoms. The Morgan fingerprint density at radius 2 is 1.85 bits per heavy atom. The van der Waals surface area contributed by atoms with Crippen molar-refractivity contribution in [1.29, 1.82) is 0 Å². The first-order valence-corrected chi connectivity index (χ1v) is 12.6. The standard InChI is InChI=1S/C26H34N4O4/c1-17-16-28(25(31)34-3)24-22(26(17,2)19-11-8-14-21(15-19)30(32)33)23(18-9-4-5-10-18)27-29(24)20-12-6-7-13-20/h8,11,14-15,17-18,20H,4-7,9-10,12-13,16H2,1-3H3. The summed E-state index contributed by atoms with van der Waals surface area (Å²) in [5.41, 5.74) is 2.63. The van der Waals surface area contributed by atoms with Gasteiger partial charge in [0.2, 0.25) is 0 Å². The number of nitro benzene ring substituents is 1. The number of carbonyl (C=O) groups excluding carboxylic acids is 1. The highest BCUT2D eigenvalue weighted by molar-refractivity contribution is 5.89. The smallest absolute Gasteiger partial charge is 0.415 e. The minimum Gasteiger partial charge on any atom is -0.452 e. The van der Waals surface area contributed by atoms with Crippen LogP contribution >= 0.6 is 0 Å². The van der Waals surface area contributed by atoms with Gasteiger partial charge in [-0.3, -0.25) is 15.0 Å². The third-order valence-corrected chi connectivity index (χ3v) is 8.59. The first-order valence-electron chi connectivity index (χ1n) is 12.6. The van der Waals surface area contributed by atoms with Gasteiger partial charge in [-0.05, 0) is 37.2 Å². The maximum absolute atomic E-state index is 13.0. The molecule has 182 valence electrons. The van der Waals surface area contributed by atoms with E-state index in [1.54, 1.807) is 23.1 Å². The average molecular weight is 467 g/mol. The highest BCUT2D eigenvalue weighted by Gasteiger charge is 2.50. The first kappa shape index (κ1) is 22.9. The van der Waals surface area contributed by atoms with Gasteiger partial charge >= 0.3 is 6.09 Å². The van der Waals surface area contributed by atoms with Crippen molar-refractivity contribution < 1.29 is 14.5 Å². The Hall–Kier alpha value is -2.90. The predicted octanol–water partition coefficient (Wildman–Crippen LogP) is 6.09. The van der Waals surface area contributed by atoms with Crippen LogP contribution in [0.3, 0.4) is 0 Å². The molecular formula is C26H34N4O4. The average Bonchev–Trinajstić information content (AvgIpc) is 3.61. The number of hydrogen-bond acceptors (Lipinski definition) is 5. The number of carbonyl (C=O) groups is 1. The molecule has 1 amide bonds. The van der Waals surface area contributed by atoms with Crippen molar-refractivity contribution in [1.82, 2.24) is 9.78 Å². The zero-order valence-electron chi connectivity index (χ0n) is 20.3. The van der Waals surface area contributed by atoms with E-state index < -0.39 is 5.41 Å². The molecule has 0 radical (unpaired) electrons. The summed E-state index contributed by atoms with van der Waals surface area (Å²) in [6.45, 7) is 4.79. The van der Waals surface area contributed by atoms with Crippen LogP contribution in [0, 0.1) is 16.0 Å². The number of ether oxygens (including phenoxy) is 1. The van der Waals surface area contributed by atoms with Crippen LogP contribution in [0.4, 0.5) is 16.3 Å². The number of benzene rings is 1. The summed E-state index contributed by atoms with van der Waals surface area (Å²) >= 11 is 0. The van der Waals surface area contributed by atoms with E-state index in [2.05, 4.69) is 18.5 Å². The number of aromatic nitrogens is 2. The maximum atomic E-state index is 13.0. The number of amides is 1. The Kier molecular flexibility index (Phi) is 5.86. The van der Waals surface area contributed by atoms with Gasteiger partial charge < -0.3 is 4.74 Å². The predicted molar refractivity (Wildman–Crippen MR) is 129 cm³/mol. The molecule has 0 bridgehead atoms. The van der Waals surface area contributed by atoms with Gasteiger partial charge in [0.1, 0.15) is 5.82 Å². The highest BCUT2D eigenvalue weighted by Crippen LogP contribution is 2.54. The van der Waals surface area contributed by atoms with Crippen molar-refractivity contribution in [3.8, 4) is 0 Å². The second-order valence-electron chi connectivity index (χ2n) is 10.4. The van der Waals surface area contributed by atoms with Crippen LogP contribution < -0.4 is 4.90 Å². The first-order chi connectivity index (χ1) is 16.4. The van der Waals surface area contributed by atoms with Gasteiger partial charge in [-0.25, -0.2) is 9.48 Å². The molecule has 1 aromatic heterocycles. The van der Waals surface area contributed by atoms with Crippen molar-refractivity contribution in [2.75, 3.05) is 18.6 Å². The third kappa shape index (κ3) is 3.49. The van der Waals surface area contributed by atoms with Crippen LogP contribution in [0.25, 0.3) is 0 Å². The van der Waals surface area contributed by atoms with Gasteiger partial charge in [-0.1, -0.05) is 51.7 Å². The Morgan fingerprint density at radius 1 is 1.18 bits per heavy atom. The number of nitrogens with zero attached hydrogens (tertiary/aromatic N) is 4. The summed E-state index contributed by atoms with van der Waals surface area (Å²) in [5, 5.41) is 16.9. The van der Waals surface area contributed by atoms with Crippen molar-refractivity contribution in [2.45, 2.75) is 82.6 Å². The number of hydrogen-bond donors (Lipinski definition) is 0. The van der Waals surface area contributed by atoms with E-state index >= 15 is 0 Å². The molecule has 3 aliphatic rings. The van der Waals surface area contributed by atoms with E-state index in [0.717, 1.165) is 61.2 Å². The minimum atomic E-state index is -0.513. The Labute approximate surface area is 200 Å². The highest BCUT2D eigenvalue weighted by atomic mass is 16.6. The van der Waals surface area contributed by atoms with Crippen molar-refractivity contribution >= 4 is 17.6 Å². The zero-order chi connectivity index (χ0) is 24.0. The summed E-state index contributed by atoms with van der Waals surface area (Å²) in [4.78, 5) is 26.1. The van der Waals surface area contributed by atoms with E-state index in [0.29, 0.717) is 12.5 Å². The van der Waals surface area contributed by atoms with E-state index in [-0.39, 0.29) is 28.7 Å². The summed E-state index contributed by atoms with van der Waals surface area (Å²) in [7, 11) is 1.43. The minimum absolute atomic E-state index is 0.0162. The molecule has 2 fully saturated rings. The van der Waals surface area contributed by atoms with Gasteiger partial charge in [0, 0.05) is 35.6 Å². The van der Waals surface area contributed by atoms with Gasteiger partial charge in [0.05, 0.1) is 23.8 Å². The third-order valence-electron chi connectivity index (χ3n) is 8.59. The van der Waals surface area contributed by atoms with Crippen molar-refractivity contribution in [2.24, 2.45) is 5.92 Å². The molecule has 2 atom stereocenters. The monoisotopic (exact) mass is 466 g/mol. The lowest BCUT2D eigenvalue weighted by molar-refractivity contribution is -0.385. The van der Waals surface area contributed by atoms with Crippen LogP contribution in [0.5, 0.6) is 0 Å². The van der Waals surface area contributed by atoms with Crippen LogP contribution in [0.2, 0.25) is 0 Å². The summed E-state index contributed by atoms with van der Waals surface area (Å²) in [6.07, 6.45) is 8.60. The molecule has 1 aromatic carbocycles. The summed E-state index contributed by atoms with van der Waals surface area (Å²) < 4.78 is 7.35. The molecular weight excluding hydrogens is 432 g/mol. The largest absolute Gasteiger partial charge is 0.452 e. The SMILES string of the molecule is COC(=O)N1CC(C)C(C)(c2cccc([N+](=O)[O-])c2)c2c(C3CCCC3)nn(C3CCCC3)c21. The van der Waals surface area contributed by atoms with E-state index in [4.69, 9.17) is 9.84 Å². The van der Waals surface area contributed by atoms with Gasteiger partial charge in [0.25, 0.3) is 5.69 Å². The molecule has 2 unspecified atom stereocenters. The normalized spacial score (nSPS) is 25.5. The zero-order valence-corrected chi connectivity index (χ0v) is 20.3. The second kappa shape index (κ2) is 8.71. The lowest BCUT2D eigenvalue weighted by atomic mass is 9.64. The molecule has 8 nitrogen and oxygen atoms in total. The number of anilines is 1. The van der Waals surface area contributed by atoms with Crippen LogP contribution in [-0.4, -0.2) is 34.5 Å². The Balaban J connectivity index is 1.78. The number of rotatable bonds is 4. The number of non-ortho nitro benzene ring substituents is 1. The molecule has 2 aromatic rings. The Morgan fingerprint density at radius 3 is 2.50 bits per heavy atom. The summed E-state index contributed by atoms with van der Waals surface area (Å²) in [5.74, 6) is 1.20. The quantitative estimate of drug-likeness (QED) is 0.401. The fourth-order valence-corrected chi connectivity index (χ4v) is 6.52. The lowest BCUT2D eigenvalue weighted by Crippen LogP contribution is -2.49. The molecule has 2 aliphatic carbocycles. The molecule has 2 heterocycles. The fourth-order valence-electron chi connectivity index (χ4n) is 6.52. The molecule has 0 N–H and O–H groups in total. The number of fused-ring (bicyclic) bond motifs is 1. The molecule has 1 aliphatic heterocycles. The topological polar surface area (TPSA) is 90.5 Å².